The number of hydrogen-bond acceptors (Lipinski definition) is 3. The molecule has 7 nitrogen and oxygen atoms in total. The molecule has 0 bridgehead atoms. The lowest BCUT2D eigenvalue weighted by Crippen LogP contribution is -2.39. The average Bonchev–Trinajstić information content (AvgIpc) is 2.98. The number of alkyl halides is 3. The van der Waals surface area contributed by atoms with Gasteiger partial charge < -0.3 is 10.4 Å². The molecule has 0 radical (unpaired) electrons. The average molecular weight is 384 g/mol. The third kappa shape index (κ3) is 7.80. The minimum absolute atomic E-state index is 0.0338. The normalized spacial score (nSPS) is 12.4. The van der Waals surface area contributed by atoms with Crippen LogP contribution < -0.4 is 10.6 Å². The van der Waals surface area contributed by atoms with Crippen molar-refractivity contribution in [3.05, 3.63) is 48.2 Å². The number of hydrogen-bond donors (Lipinski definition) is 3. The molecule has 0 saturated carbocycles. The van der Waals surface area contributed by atoms with Crippen molar-refractivity contribution >= 4 is 17.8 Å². The first-order valence-corrected chi connectivity index (χ1v) is 8.15. The van der Waals surface area contributed by atoms with Crippen molar-refractivity contribution in [1.29, 1.82) is 0 Å². The van der Waals surface area contributed by atoms with E-state index >= 15 is 0 Å². The Bertz CT molecular complexity index is 762. The molecule has 0 aliphatic rings. The molecule has 2 aromatic rings. The van der Waals surface area contributed by atoms with Gasteiger partial charge in [0.25, 0.3) is 0 Å². The summed E-state index contributed by atoms with van der Waals surface area (Å²) >= 11 is 0. The van der Waals surface area contributed by atoms with Crippen molar-refractivity contribution in [1.82, 2.24) is 15.1 Å². The smallest absolute Gasteiger partial charge is 0.408 e. The molecular formula is C17H19F3N4O3. The molecule has 0 aliphatic heterocycles. The first-order valence-electron chi connectivity index (χ1n) is 8.15. The lowest BCUT2D eigenvalue weighted by Gasteiger charge is -2.18. The highest BCUT2D eigenvalue weighted by Crippen LogP contribution is 2.17. The van der Waals surface area contributed by atoms with E-state index in [4.69, 9.17) is 5.11 Å². The molecule has 0 fully saturated rings. The largest absolute Gasteiger partial charge is 0.481 e. The number of aromatic nitrogens is 2. The monoisotopic (exact) mass is 384 g/mol. The fraction of sp³-hybridized carbons (Fsp3) is 0.353. The Labute approximate surface area is 153 Å². The van der Waals surface area contributed by atoms with E-state index in [1.165, 1.54) is 6.07 Å². The maximum absolute atomic E-state index is 12.3. The summed E-state index contributed by atoms with van der Waals surface area (Å²) in [5.41, 5.74) is 0.919. The van der Waals surface area contributed by atoms with Crippen molar-refractivity contribution in [3.8, 4) is 0 Å². The second-order valence-electron chi connectivity index (χ2n) is 5.93. The maximum atomic E-state index is 12.3. The first kappa shape index (κ1) is 20.3. The molecule has 0 spiro atoms. The molecule has 1 unspecified atom stereocenters. The number of aliphatic carboxylic acids is 1. The number of rotatable bonds is 8. The maximum Gasteiger partial charge on any atom is 0.408 e. The highest BCUT2D eigenvalue weighted by Gasteiger charge is 2.28. The van der Waals surface area contributed by atoms with Gasteiger partial charge in [0.1, 0.15) is 6.54 Å². The molecule has 0 aliphatic carbocycles. The molecule has 146 valence electrons. The zero-order valence-electron chi connectivity index (χ0n) is 14.2. The summed E-state index contributed by atoms with van der Waals surface area (Å²) in [6.45, 7) is -1.26. The highest BCUT2D eigenvalue weighted by atomic mass is 19.4. The van der Waals surface area contributed by atoms with Gasteiger partial charge in [-0.05, 0) is 18.4 Å². The number of nitrogens with zero attached hydrogens (tertiary/aromatic N) is 2. The summed E-state index contributed by atoms with van der Waals surface area (Å²) in [5.74, 6) is -1.02. The fourth-order valence-corrected chi connectivity index (χ4v) is 2.46. The zero-order chi connectivity index (χ0) is 19.9. The second kappa shape index (κ2) is 9.06. The van der Waals surface area contributed by atoms with Gasteiger partial charge in [-0.15, -0.1) is 0 Å². The van der Waals surface area contributed by atoms with E-state index in [1.54, 1.807) is 0 Å². The summed E-state index contributed by atoms with van der Waals surface area (Å²) in [5, 5.41) is 17.5. The third-order valence-corrected chi connectivity index (χ3v) is 3.59. The number of anilines is 1. The molecule has 2 rings (SSSR count). The Balaban J connectivity index is 1.95. The van der Waals surface area contributed by atoms with Crippen LogP contribution in [0, 0.1) is 0 Å². The first-order chi connectivity index (χ1) is 12.7. The van der Waals surface area contributed by atoms with Crippen molar-refractivity contribution in [2.24, 2.45) is 0 Å². The van der Waals surface area contributed by atoms with Gasteiger partial charge in [0.05, 0.1) is 0 Å². The molecule has 0 saturated heterocycles. The quantitative estimate of drug-likeness (QED) is 0.652. The van der Waals surface area contributed by atoms with Crippen LogP contribution in [0.5, 0.6) is 0 Å². The minimum Gasteiger partial charge on any atom is -0.481 e. The zero-order valence-corrected chi connectivity index (χ0v) is 14.2. The van der Waals surface area contributed by atoms with E-state index < -0.39 is 30.8 Å². The van der Waals surface area contributed by atoms with E-state index in [9.17, 15) is 22.8 Å². The van der Waals surface area contributed by atoms with Crippen molar-refractivity contribution in [2.75, 3.05) is 5.32 Å². The van der Waals surface area contributed by atoms with E-state index in [-0.39, 0.29) is 18.7 Å². The van der Waals surface area contributed by atoms with E-state index in [0.717, 1.165) is 11.8 Å². The number of carbonyl (C=O) groups excluding carboxylic acids is 1. The number of carboxylic acids is 1. The van der Waals surface area contributed by atoms with Gasteiger partial charge in [-0.25, -0.2) is 4.79 Å². The molecule has 2 amide bonds. The number of benzene rings is 1. The van der Waals surface area contributed by atoms with Gasteiger partial charge in [-0.3, -0.25) is 14.8 Å². The Kier molecular flexibility index (Phi) is 6.80. The summed E-state index contributed by atoms with van der Waals surface area (Å²) in [7, 11) is 0. The van der Waals surface area contributed by atoms with Crippen molar-refractivity contribution < 1.29 is 27.9 Å². The van der Waals surface area contributed by atoms with Gasteiger partial charge in [-0.2, -0.15) is 18.3 Å². The number of carbonyl (C=O) groups is 2. The number of nitrogens with one attached hydrogen (secondary N) is 2. The number of amides is 2. The van der Waals surface area contributed by atoms with Crippen LogP contribution in [0.3, 0.4) is 0 Å². The molecule has 1 aromatic heterocycles. The van der Waals surface area contributed by atoms with Gasteiger partial charge in [-0.1, -0.05) is 30.3 Å². The van der Waals surface area contributed by atoms with Crippen LogP contribution in [-0.4, -0.2) is 39.1 Å². The third-order valence-electron chi connectivity index (χ3n) is 3.59. The van der Waals surface area contributed by atoms with Gasteiger partial charge in [0.2, 0.25) is 0 Å². The predicted molar refractivity (Wildman–Crippen MR) is 91.2 cm³/mol. The second-order valence-corrected chi connectivity index (χ2v) is 5.93. The fourth-order valence-electron chi connectivity index (χ4n) is 2.46. The van der Waals surface area contributed by atoms with E-state index in [2.05, 4.69) is 15.7 Å². The topological polar surface area (TPSA) is 96.3 Å². The summed E-state index contributed by atoms with van der Waals surface area (Å²) in [4.78, 5) is 22.9. The lowest BCUT2D eigenvalue weighted by molar-refractivity contribution is -0.142. The Morgan fingerprint density at radius 2 is 1.89 bits per heavy atom. The predicted octanol–water partition coefficient (Wildman–Crippen LogP) is 3.04. The molecular weight excluding hydrogens is 365 g/mol. The van der Waals surface area contributed by atoms with Crippen LogP contribution >= 0.6 is 0 Å². The van der Waals surface area contributed by atoms with E-state index in [1.807, 2.05) is 30.3 Å². The van der Waals surface area contributed by atoms with E-state index in [0.29, 0.717) is 11.1 Å². The molecule has 1 atom stereocenters. The molecule has 27 heavy (non-hydrogen) atoms. The van der Waals surface area contributed by atoms with Crippen LogP contribution in [0.1, 0.15) is 18.4 Å². The Morgan fingerprint density at radius 1 is 1.19 bits per heavy atom. The van der Waals surface area contributed by atoms with Crippen LogP contribution in [0.2, 0.25) is 0 Å². The van der Waals surface area contributed by atoms with Gasteiger partial charge in [0.15, 0.2) is 5.82 Å². The Morgan fingerprint density at radius 3 is 2.52 bits per heavy atom. The van der Waals surface area contributed by atoms with Crippen molar-refractivity contribution in [2.45, 2.75) is 38.0 Å². The molecule has 10 heteroatoms. The number of halogens is 3. The highest BCUT2D eigenvalue weighted by molar-refractivity contribution is 5.88. The van der Waals surface area contributed by atoms with Crippen molar-refractivity contribution in [3.63, 3.8) is 0 Å². The summed E-state index contributed by atoms with van der Waals surface area (Å²) in [6, 6.07) is 9.33. The Hall–Kier alpha value is -3.04. The summed E-state index contributed by atoms with van der Waals surface area (Å²) in [6.07, 6.45) is -2.81. The molecule has 1 aromatic carbocycles. The standard InChI is InChI=1S/C17H19F3N4O3/c18-17(19,20)11-24-9-8-14(23-24)22-16(27)21-13(6-7-15(25)26)10-12-4-2-1-3-5-12/h1-5,8-9,13H,6-7,10-11H2,(H,25,26)(H2,21,22,23,27). The number of carboxylic acid groups (broad SMARTS) is 1. The minimum atomic E-state index is -4.41. The number of urea groups is 1. The molecule has 3 N–H and O–H groups in total. The SMILES string of the molecule is O=C(O)CCC(Cc1ccccc1)NC(=O)Nc1ccn(CC(F)(F)F)n1. The van der Waals surface area contributed by atoms with Gasteiger partial charge in [0, 0.05) is 24.7 Å². The van der Waals surface area contributed by atoms with Crippen LogP contribution in [0.25, 0.3) is 0 Å². The lowest BCUT2D eigenvalue weighted by atomic mass is 10.0. The van der Waals surface area contributed by atoms with Crippen LogP contribution in [0.15, 0.2) is 42.6 Å². The van der Waals surface area contributed by atoms with Crippen LogP contribution in [0.4, 0.5) is 23.8 Å². The van der Waals surface area contributed by atoms with Gasteiger partial charge >= 0.3 is 18.2 Å². The van der Waals surface area contributed by atoms with Crippen LogP contribution in [-0.2, 0) is 17.8 Å². The summed E-state index contributed by atoms with van der Waals surface area (Å²) < 4.78 is 37.7. The molecule has 1 heterocycles.